The molecule has 0 bridgehead atoms. The molecule has 9 heteroatoms. The molecule has 3 aliphatic rings. The number of piperazine rings is 1. The van der Waals surface area contributed by atoms with E-state index in [-0.39, 0.29) is 24.8 Å². The molecule has 4 amide bonds. The molecule has 0 spiro atoms. The average molecular weight is 454 g/mol. The molecule has 3 aliphatic heterocycles. The van der Waals surface area contributed by atoms with Crippen LogP contribution in [0.5, 0.6) is 0 Å². The van der Waals surface area contributed by atoms with Gasteiger partial charge in [-0.2, -0.15) is 0 Å². The third-order valence-electron chi connectivity index (χ3n) is 6.25. The second kappa shape index (κ2) is 8.44. The highest BCUT2D eigenvalue weighted by molar-refractivity contribution is 6.33. The summed E-state index contributed by atoms with van der Waals surface area (Å²) in [5.41, 5.74) is 3.74. The fourth-order valence-electron chi connectivity index (χ4n) is 4.55. The molecule has 8 nitrogen and oxygen atoms in total. The molecule has 32 heavy (non-hydrogen) atoms. The number of hydrogen-bond acceptors (Lipinski definition) is 5. The molecular formula is C23H24ClN5O3. The summed E-state index contributed by atoms with van der Waals surface area (Å²) in [6.07, 6.45) is 0.192. The fourth-order valence-corrected chi connectivity index (χ4v) is 4.81. The van der Waals surface area contributed by atoms with Crippen LogP contribution < -0.4 is 10.2 Å². The third kappa shape index (κ3) is 3.91. The molecule has 5 rings (SSSR count). The summed E-state index contributed by atoms with van der Waals surface area (Å²) in [4.78, 5) is 41.1. The van der Waals surface area contributed by atoms with Gasteiger partial charge in [-0.3, -0.25) is 19.8 Å². The highest BCUT2D eigenvalue weighted by atomic mass is 35.5. The predicted octanol–water partition coefficient (Wildman–Crippen LogP) is 2.47. The number of hydrazine groups is 1. The van der Waals surface area contributed by atoms with Crippen LogP contribution in [-0.4, -0.2) is 65.5 Å². The maximum absolute atomic E-state index is 12.8. The first kappa shape index (κ1) is 20.8. The number of benzene rings is 2. The number of fused-ring (bicyclic) bond motifs is 1. The Morgan fingerprint density at radius 2 is 1.69 bits per heavy atom. The normalized spacial score (nSPS) is 19.4. The molecule has 2 saturated heterocycles. The number of hydrogen-bond donors (Lipinski definition) is 1. The van der Waals surface area contributed by atoms with Gasteiger partial charge in [-0.15, -0.1) is 0 Å². The lowest BCUT2D eigenvalue weighted by atomic mass is 10.1. The van der Waals surface area contributed by atoms with Crippen LogP contribution in [-0.2, 0) is 17.9 Å². The minimum atomic E-state index is -0.543. The van der Waals surface area contributed by atoms with Gasteiger partial charge in [0.25, 0.3) is 5.91 Å². The monoisotopic (exact) mass is 453 g/mol. The van der Waals surface area contributed by atoms with E-state index >= 15 is 0 Å². The summed E-state index contributed by atoms with van der Waals surface area (Å²) in [6.45, 7) is 5.02. The number of halogens is 1. The first-order chi connectivity index (χ1) is 15.5. The van der Waals surface area contributed by atoms with E-state index in [0.717, 1.165) is 54.6 Å². The third-order valence-corrected chi connectivity index (χ3v) is 6.57. The van der Waals surface area contributed by atoms with Crippen molar-refractivity contribution in [3.63, 3.8) is 0 Å². The van der Waals surface area contributed by atoms with Gasteiger partial charge in [-0.05, 0) is 29.3 Å². The van der Waals surface area contributed by atoms with E-state index in [1.54, 1.807) is 0 Å². The fraction of sp³-hybridized carbons (Fsp3) is 0.348. The van der Waals surface area contributed by atoms with E-state index in [4.69, 9.17) is 11.6 Å². The topological polar surface area (TPSA) is 76.2 Å². The van der Waals surface area contributed by atoms with Crippen LogP contribution in [0.15, 0.2) is 42.5 Å². The first-order valence-corrected chi connectivity index (χ1v) is 11.1. The number of urea groups is 1. The maximum Gasteiger partial charge on any atom is 0.342 e. The van der Waals surface area contributed by atoms with Crippen molar-refractivity contribution in [2.75, 3.05) is 37.6 Å². The zero-order valence-corrected chi connectivity index (χ0v) is 18.3. The maximum atomic E-state index is 12.8. The van der Waals surface area contributed by atoms with Gasteiger partial charge in [0, 0.05) is 44.7 Å². The lowest BCUT2D eigenvalue weighted by Gasteiger charge is -2.36. The second-order valence-electron chi connectivity index (χ2n) is 8.30. The Balaban J connectivity index is 1.22. The molecule has 0 saturated carbocycles. The van der Waals surface area contributed by atoms with Gasteiger partial charge in [-0.25, -0.2) is 14.8 Å². The number of amides is 4. The van der Waals surface area contributed by atoms with E-state index in [9.17, 15) is 14.4 Å². The number of para-hydroxylation sites is 1. The Labute approximate surface area is 191 Å². The van der Waals surface area contributed by atoms with Crippen molar-refractivity contribution in [2.24, 2.45) is 0 Å². The summed E-state index contributed by atoms with van der Waals surface area (Å²) in [5, 5.41) is 5.81. The summed E-state index contributed by atoms with van der Waals surface area (Å²) in [5.74, 6) is -0.517. The van der Waals surface area contributed by atoms with Gasteiger partial charge in [0.15, 0.2) is 0 Å². The van der Waals surface area contributed by atoms with Crippen LogP contribution in [0.1, 0.15) is 27.9 Å². The van der Waals surface area contributed by atoms with Crippen molar-refractivity contribution < 1.29 is 14.4 Å². The molecule has 166 valence electrons. The number of anilines is 1. The van der Waals surface area contributed by atoms with Crippen molar-refractivity contribution in [1.29, 1.82) is 0 Å². The minimum Gasteiger partial charge on any atom is -0.368 e. The number of rotatable bonds is 4. The average Bonchev–Trinajstić information content (AvgIpc) is 3.10. The van der Waals surface area contributed by atoms with E-state index in [0.29, 0.717) is 12.1 Å². The lowest BCUT2D eigenvalue weighted by Crippen LogP contribution is -2.56. The first-order valence-electron chi connectivity index (χ1n) is 10.8. The van der Waals surface area contributed by atoms with E-state index < -0.39 is 6.03 Å². The Bertz CT molecular complexity index is 1080. The van der Waals surface area contributed by atoms with Crippen molar-refractivity contribution in [1.82, 2.24) is 20.2 Å². The molecule has 1 N–H and O–H groups in total. The number of carbonyl (C=O) groups excluding carboxylic acids is 3. The van der Waals surface area contributed by atoms with Crippen LogP contribution in [0.2, 0.25) is 5.02 Å². The van der Waals surface area contributed by atoms with Crippen molar-refractivity contribution >= 4 is 35.1 Å². The Hall–Kier alpha value is -3.10. The SMILES string of the molecule is O=C1CCN(N2Cc3cc(CN4CCN(c5ccccc5Cl)CC4)ccc3C2=O)C(=O)N1. The summed E-state index contributed by atoms with van der Waals surface area (Å²) < 4.78 is 0. The Morgan fingerprint density at radius 1 is 0.906 bits per heavy atom. The van der Waals surface area contributed by atoms with Crippen molar-refractivity contribution in [3.05, 3.63) is 64.2 Å². The standard InChI is InChI=1S/C23H24ClN5O3/c24-19-3-1-2-4-20(19)27-11-9-26(10-12-27)14-16-5-6-18-17(13-16)15-29(22(18)31)28-8-7-21(30)25-23(28)32/h1-6,13H,7-12,14-15H2,(H,25,30,32). The number of carbonyl (C=O) groups is 3. The highest BCUT2D eigenvalue weighted by Crippen LogP contribution is 2.28. The number of nitrogens with one attached hydrogen (secondary N) is 1. The largest absolute Gasteiger partial charge is 0.368 e. The Kier molecular flexibility index (Phi) is 5.48. The summed E-state index contributed by atoms with van der Waals surface area (Å²) >= 11 is 6.34. The van der Waals surface area contributed by atoms with Crippen LogP contribution in [0, 0.1) is 0 Å². The molecular weight excluding hydrogens is 430 g/mol. The zero-order valence-electron chi connectivity index (χ0n) is 17.6. The van der Waals surface area contributed by atoms with Gasteiger partial charge in [0.2, 0.25) is 5.91 Å². The van der Waals surface area contributed by atoms with Gasteiger partial charge < -0.3 is 4.90 Å². The van der Waals surface area contributed by atoms with Crippen molar-refractivity contribution in [3.8, 4) is 0 Å². The molecule has 0 aromatic heterocycles. The highest BCUT2D eigenvalue weighted by Gasteiger charge is 2.37. The summed E-state index contributed by atoms with van der Waals surface area (Å²) in [6, 6.07) is 13.3. The molecule has 0 atom stereocenters. The van der Waals surface area contributed by atoms with Crippen LogP contribution in [0.4, 0.5) is 10.5 Å². The molecule has 0 radical (unpaired) electrons. The van der Waals surface area contributed by atoms with Gasteiger partial charge in [0.1, 0.15) is 0 Å². The van der Waals surface area contributed by atoms with Crippen LogP contribution in [0.3, 0.4) is 0 Å². The minimum absolute atomic E-state index is 0.192. The van der Waals surface area contributed by atoms with E-state index in [1.165, 1.54) is 10.0 Å². The lowest BCUT2D eigenvalue weighted by molar-refractivity contribution is -0.123. The van der Waals surface area contributed by atoms with Crippen LogP contribution in [0.25, 0.3) is 0 Å². The van der Waals surface area contributed by atoms with Crippen molar-refractivity contribution in [2.45, 2.75) is 19.5 Å². The molecule has 2 aromatic carbocycles. The van der Waals surface area contributed by atoms with E-state index in [2.05, 4.69) is 27.2 Å². The van der Waals surface area contributed by atoms with Gasteiger partial charge >= 0.3 is 6.03 Å². The smallest absolute Gasteiger partial charge is 0.342 e. The van der Waals surface area contributed by atoms with Gasteiger partial charge in [0.05, 0.1) is 23.8 Å². The summed E-state index contributed by atoms with van der Waals surface area (Å²) in [7, 11) is 0. The molecule has 2 aromatic rings. The van der Waals surface area contributed by atoms with Crippen LogP contribution >= 0.6 is 11.6 Å². The molecule has 2 fully saturated rings. The number of imide groups is 1. The molecule has 3 heterocycles. The zero-order chi connectivity index (χ0) is 22.2. The van der Waals surface area contributed by atoms with E-state index in [1.807, 2.05) is 30.3 Å². The predicted molar refractivity (Wildman–Crippen MR) is 120 cm³/mol. The quantitative estimate of drug-likeness (QED) is 0.769. The van der Waals surface area contributed by atoms with Gasteiger partial charge in [-0.1, -0.05) is 35.9 Å². The molecule has 0 aliphatic carbocycles. The Morgan fingerprint density at radius 3 is 2.44 bits per heavy atom. The number of nitrogens with zero attached hydrogens (tertiary/aromatic N) is 4. The second-order valence-corrected chi connectivity index (χ2v) is 8.70. The molecule has 0 unspecified atom stereocenters.